The molecule has 0 bridgehead atoms. The van der Waals surface area contributed by atoms with Gasteiger partial charge in [-0.15, -0.1) is 0 Å². The predicted molar refractivity (Wildman–Crippen MR) is 41.9 cm³/mol. The topological polar surface area (TPSA) is 73.3 Å². The summed E-state index contributed by atoms with van der Waals surface area (Å²) in [7, 11) is -1.84. The molecule has 0 saturated carbocycles. The number of hydrogen-bond acceptors (Lipinski definition) is 3. The van der Waals surface area contributed by atoms with Crippen LogP contribution in [-0.4, -0.2) is 37.5 Å². The van der Waals surface area contributed by atoms with Gasteiger partial charge in [0.15, 0.2) is 0 Å². The zero-order valence-electron chi connectivity index (χ0n) is 6.46. The highest BCUT2D eigenvalue weighted by molar-refractivity contribution is 7.89. The number of nitrogens with one attached hydrogen (secondary N) is 2. The lowest BCUT2D eigenvalue weighted by molar-refractivity contribution is 0.510. The lowest BCUT2D eigenvalue weighted by atomic mass is 10.4. The van der Waals surface area contributed by atoms with Gasteiger partial charge >= 0.3 is 0 Å². The molecule has 0 unspecified atom stereocenters. The highest BCUT2D eigenvalue weighted by atomic mass is 32.2. The van der Waals surface area contributed by atoms with Crippen molar-refractivity contribution in [1.29, 1.82) is 5.41 Å². The van der Waals surface area contributed by atoms with Crippen LogP contribution in [-0.2, 0) is 10.0 Å². The lowest BCUT2D eigenvalue weighted by Gasteiger charge is -2.29. The van der Waals surface area contributed by atoms with Crippen molar-refractivity contribution >= 4 is 16.0 Å². The summed E-state index contributed by atoms with van der Waals surface area (Å²) in [5.74, 6) is 0.00931. The first-order chi connectivity index (χ1) is 4.93. The van der Waals surface area contributed by atoms with Crippen molar-refractivity contribution in [3.63, 3.8) is 0 Å². The Bertz CT molecular complexity index is 271. The van der Waals surface area contributed by atoms with Gasteiger partial charge in [-0.1, -0.05) is 0 Å². The molecular formula is C5H11N3O2S. The van der Waals surface area contributed by atoms with Crippen molar-refractivity contribution in [2.24, 2.45) is 0 Å². The van der Waals surface area contributed by atoms with E-state index in [9.17, 15) is 8.42 Å². The van der Waals surface area contributed by atoms with Crippen molar-refractivity contribution in [3.8, 4) is 0 Å². The quantitative estimate of drug-likeness (QED) is 0.507. The van der Waals surface area contributed by atoms with Gasteiger partial charge in [0.05, 0.1) is 5.75 Å². The van der Waals surface area contributed by atoms with Gasteiger partial charge in [0, 0.05) is 13.1 Å². The van der Waals surface area contributed by atoms with Crippen molar-refractivity contribution in [2.45, 2.75) is 13.0 Å². The summed E-state index contributed by atoms with van der Waals surface area (Å²) < 4.78 is 23.2. The fraction of sp³-hybridized carbons (Fsp3) is 0.800. The first kappa shape index (κ1) is 8.32. The van der Waals surface area contributed by atoms with Crippen LogP contribution >= 0.6 is 0 Å². The van der Waals surface area contributed by atoms with Crippen LogP contribution in [0.25, 0.3) is 0 Å². The second-order valence-corrected chi connectivity index (χ2v) is 4.68. The molecule has 0 spiro atoms. The van der Waals surface area contributed by atoms with E-state index in [0.717, 1.165) is 4.31 Å². The van der Waals surface area contributed by atoms with Crippen molar-refractivity contribution in [3.05, 3.63) is 0 Å². The largest absolute Gasteiger partial charge is 0.352 e. The summed E-state index contributed by atoms with van der Waals surface area (Å²) >= 11 is 0. The molecule has 0 aliphatic carbocycles. The smallest absolute Gasteiger partial charge is 0.239 e. The Balaban J connectivity index is 2.93. The molecule has 1 aliphatic heterocycles. The second-order valence-electron chi connectivity index (χ2n) is 2.64. The standard InChI is InChI=1S/C5H11N3O2S/c1-4-3-11(9,10)8(2)5(6)7-4/h4H,3H2,1-2H3,(H2,6,7)/t4-/m0/s1. The van der Waals surface area contributed by atoms with Crippen LogP contribution < -0.4 is 5.32 Å². The zero-order chi connectivity index (χ0) is 8.65. The molecular weight excluding hydrogens is 166 g/mol. The van der Waals surface area contributed by atoms with E-state index in [1.165, 1.54) is 7.05 Å². The number of nitrogens with zero attached hydrogens (tertiary/aromatic N) is 1. The van der Waals surface area contributed by atoms with E-state index in [0.29, 0.717) is 0 Å². The van der Waals surface area contributed by atoms with E-state index in [1.807, 2.05) is 0 Å². The van der Waals surface area contributed by atoms with E-state index in [2.05, 4.69) is 5.32 Å². The third kappa shape index (κ3) is 1.45. The molecule has 11 heavy (non-hydrogen) atoms. The van der Waals surface area contributed by atoms with Gasteiger partial charge < -0.3 is 5.32 Å². The fourth-order valence-electron chi connectivity index (χ4n) is 0.933. The van der Waals surface area contributed by atoms with E-state index in [-0.39, 0.29) is 17.8 Å². The summed E-state index contributed by atoms with van der Waals surface area (Å²) in [5.41, 5.74) is 0. The molecule has 0 aromatic carbocycles. The molecule has 1 saturated heterocycles. The minimum absolute atomic E-state index is 0.0521. The highest BCUT2D eigenvalue weighted by Crippen LogP contribution is 2.06. The van der Waals surface area contributed by atoms with Gasteiger partial charge in [0.2, 0.25) is 16.0 Å². The average molecular weight is 177 g/mol. The lowest BCUT2D eigenvalue weighted by Crippen LogP contribution is -2.54. The first-order valence-corrected chi connectivity index (χ1v) is 4.86. The summed E-state index contributed by atoms with van der Waals surface area (Å²) in [6.45, 7) is 1.74. The monoisotopic (exact) mass is 177 g/mol. The summed E-state index contributed by atoms with van der Waals surface area (Å²) in [6, 6.07) is -0.163. The SMILES string of the molecule is C[C@H]1CS(=O)(=O)N(C)C(=N)N1. The molecule has 0 aromatic rings. The van der Waals surface area contributed by atoms with Crippen molar-refractivity contribution in [2.75, 3.05) is 12.8 Å². The average Bonchev–Trinajstić information content (AvgIpc) is 1.81. The highest BCUT2D eigenvalue weighted by Gasteiger charge is 2.29. The number of guanidine groups is 1. The Morgan fingerprint density at radius 2 is 2.27 bits per heavy atom. The molecule has 5 nitrogen and oxygen atoms in total. The second kappa shape index (κ2) is 2.37. The Labute approximate surface area is 65.9 Å². The Hall–Kier alpha value is -0.780. The van der Waals surface area contributed by atoms with Gasteiger partial charge in [-0.3, -0.25) is 5.41 Å². The molecule has 6 heteroatoms. The van der Waals surface area contributed by atoms with E-state index >= 15 is 0 Å². The van der Waals surface area contributed by atoms with Gasteiger partial charge in [-0.05, 0) is 6.92 Å². The molecule has 1 aliphatic rings. The van der Waals surface area contributed by atoms with Crippen LogP contribution in [0.1, 0.15) is 6.92 Å². The molecule has 1 rings (SSSR count). The maximum atomic E-state index is 11.1. The first-order valence-electron chi connectivity index (χ1n) is 3.25. The van der Waals surface area contributed by atoms with Crippen LogP contribution in [0.2, 0.25) is 0 Å². The van der Waals surface area contributed by atoms with E-state index in [4.69, 9.17) is 5.41 Å². The maximum absolute atomic E-state index is 11.1. The van der Waals surface area contributed by atoms with Gasteiger partial charge in [-0.25, -0.2) is 12.7 Å². The Morgan fingerprint density at radius 3 is 2.73 bits per heavy atom. The number of sulfonamides is 1. The molecule has 1 heterocycles. The molecule has 0 amide bonds. The van der Waals surface area contributed by atoms with Gasteiger partial charge in [-0.2, -0.15) is 0 Å². The Morgan fingerprint density at radius 1 is 1.73 bits per heavy atom. The van der Waals surface area contributed by atoms with Crippen LogP contribution in [0.4, 0.5) is 0 Å². The molecule has 2 N–H and O–H groups in total. The van der Waals surface area contributed by atoms with Gasteiger partial charge in [0.25, 0.3) is 0 Å². The van der Waals surface area contributed by atoms with Crippen molar-refractivity contribution < 1.29 is 8.42 Å². The van der Waals surface area contributed by atoms with E-state index in [1.54, 1.807) is 6.92 Å². The van der Waals surface area contributed by atoms with Crippen LogP contribution in [0.3, 0.4) is 0 Å². The minimum Gasteiger partial charge on any atom is -0.352 e. The van der Waals surface area contributed by atoms with Crippen LogP contribution in [0.15, 0.2) is 0 Å². The fourth-order valence-corrected chi connectivity index (χ4v) is 2.20. The minimum atomic E-state index is -3.21. The maximum Gasteiger partial charge on any atom is 0.239 e. The van der Waals surface area contributed by atoms with Crippen LogP contribution in [0, 0.1) is 5.41 Å². The predicted octanol–water partition coefficient (Wildman–Crippen LogP) is -0.826. The number of rotatable bonds is 0. The third-order valence-corrected chi connectivity index (χ3v) is 3.51. The number of hydrogen-bond donors (Lipinski definition) is 2. The third-order valence-electron chi connectivity index (χ3n) is 1.58. The molecule has 0 radical (unpaired) electrons. The zero-order valence-corrected chi connectivity index (χ0v) is 7.27. The normalized spacial score (nSPS) is 29.8. The summed E-state index contributed by atoms with van der Waals surface area (Å²) in [4.78, 5) is 0. The molecule has 0 aromatic heterocycles. The van der Waals surface area contributed by atoms with Crippen molar-refractivity contribution in [1.82, 2.24) is 9.62 Å². The molecule has 1 fully saturated rings. The summed E-state index contributed by atoms with van der Waals surface area (Å²) in [6.07, 6.45) is 0. The summed E-state index contributed by atoms with van der Waals surface area (Å²) in [5, 5.41) is 9.93. The van der Waals surface area contributed by atoms with E-state index < -0.39 is 10.0 Å². The molecule has 64 valence electrons. The van der Waals surface area contributed by atoms with Gasteiger partial charge in [0.1, 0.15) is 0 Å². The Kier molecular flexibility index (Phi) is 1.79. The van der Waals surface area contributed by atoms with Crippen LogP contribution in [0.5, 0.6) is 0 Å². The molecule has 1 atom stereocenters.